The third kappa shape index (κ3) is 3.49. The van der Waals surface area contributed by atoms with Gasteiger partial charge in [0.15, 0.2) is 0 Å². The summed E-state index contributed by atoms with van der Waals surface area (Å²) in [4.78, 5) is 0. The van der Waals surface area contributed by atoms with Gasteiger partial charge in [0.25, 0.3) is 0 Å². The third-order valence-corrected chi connectivity index (χ3v) is 2.21. The van der Waals surface area contributed by atoms with Crippen LogP contribution in [-0.2, 0) is 6.54 Å². The molecule has 0 spiro atoms. The lowest BCUT2D eigenvalue weighted by molar-refractivity contribution is -0.00797. The fourth-order valence-corrected chi connectivity index (χ4v) is 1.14. The first kappa shape index (κ1) is 11.9. The van der Waals surface area contributed by atoms with Crippen LogP contribution in [0.2, 0.25) is 0 Å². The lowest BCUT2D eigenvalue weighted by Gasteiger charge is -2.25. The highest BCUT2D eigenvalue weighted by atomic mass is 16.5. The molecule has 0 fully saturated rings. The molecule has 1 aromatic rings. The van der Waals surface area contributed by atoms with E-state index in [1.165, 1.54) is 0 Å². The third-order valence-electron chi connectivity index (χ3n) is 2.21. The largest absolute Gasteiger partial charge is 0.497 e. The normalized spacial score (nSPS) is 11.1. The van der Waals surface area contributed by atoms with Crippen LogP contribution in [0.15, 0.2) is 24.3 Å². The van der Waals surface area contributed by atoms with Gasteiger partial charge in [0.1, 0.15) is 5.75 Å². The van der Waals surface area contributed by atoms with Crippen molar-refractivity contribution in [1.29, 1.82) is 0 Å². The Labute approximate surface area is 90.1 Å². The zero-order chi connectivity index (χ0) is 11.3. The van der Waals surface area contributed by atoms with Gasteiger partial charge in [0, 0.05) is 7.05 Å². The van der Waals surface area contributed by atoms with Crippen molar-refractivity contribution in [3.63, 3.8) is 0 Å². The van der Waals surface area contributed by atoms with Crippen molar-refractivity contribution in [2.75, 3.05) is 20.8 Å². The Bertz CT molecular complexity index is 288. The van der Waals surface area contributed by atoms with Gasteiger partial charge in [-0.05, 0) is 17.7 Å². The molecule has 0 saturated heterocycles. The van der Waals surface area contributed by atoms with Gasteiger partial charge in [0.2, 0.25) is 0 Å². The molecule has 84 valence electrons. The van der Waals surface area contributed by atoms with E-state index < -0.39 is 0 Å². The van der Waals surface area contributed by atoms with Crippen molar-refractivity contribution < 1.29 is 4.74 Å². The molecule has 0 aliphatic carbocycles. The Morgan fingerprint density at radius 1 is 1.27 bits per heavy atom. The van der Waals surface area contributed by atoms with E-state index >= 15 is 0 Å². The number of benzene rings is 1. The van der Waals surface area contributed by atoms with E-state index in [2.05, 4.69) is 0 Å². The quantitative estimate of drug-likeness (QED) is 0.411. The number of rotatable bonds is 5. The topological polar surface area (TPSA) is 67.8 Å². The van der Waals surface area contributed by atoms with Gasteiger partial charge in [0.05, 0.1) is 20.3 Å². The number of nitrogens with two attached hydrogens (primary N) is 2. The van der Waals surface area contributed by atoms with Crippen LogP contribution in [0, 0.1) is 0 Å². The van der Waals surface area contributed by atoms with Crippen LogP contribution >= 0.6 is 0 Å². The van der Waals surface area contributed by atoms with Crippen molar-refractivity contribution in [3.05, 3.63) is 29.8 Å². The van der Waals surface area contributed by atoms with E-state index in [1.54, 1.807) is 17.2 Å². The number of hydrogen-bond acceptors (Lipinski definition) is 5. The monoisotopic (exact) mass is 210 g/mol. The van der Waals surface area contributed by atoms with E-state index in [1.807, 2.05) is 31.3 Å². The minimum Gasteiger partial charge on any atom is -0.497 e. The SMILES string of the molecule is COc1ccc(CN(N)N(C)CN)cc1. The zero-order valence-electron chi connectivity index (χ0n) is 9.18. The smallest absolute Gasteiger partial charge is 0.118 e. The Kier molecular flexibility index (Phi) is 4.51. The van der Waals surface area contributed by atoms with Crippen LogP contribution < -0.4 is 16.3 Å². The average molecular weight is 210 g/mol. The minimum absolute atomic E-state index is 0.395. The number of nitrogens with zero attached hydrogens (tertiary/aromatic N) is 2. The summed E-state index contributed by atoms with van der Waals surface area (Å²) in [5, 5.41) is 3.31. The molecule has 0 heterocycles. The fraction of sp³-hybridized carbons (Fsp3) is 0.400. The predicted molar refractivity (Wildman–Crippen MR) is 59.5 cm³/mol. The van der Waals surface area contributed by atoms with Crippen LogP contribution in [0.1, 0.15) is 5.56 Å². The first-order valence-corrected chi connectivity index (χ1v) is 4.73. The average Bonchev–Trinajstić information content (AvgIpc) is 2.29. The molecule has 0 aliphatic heterocycles. The second-order valence-corrected chi connectivity index (χ2v) is 3.29. The lowest BCUT2D eigenvalue weighted by Crippen LogP contribution is -2.46. The number of methoxy groups -OCH3 is 1. The summed E-state index contributed by atoms with van der Waals surface area (Å²) in [5.41, 5.74) is 6.57. The van der Waals surface area contributed by atoms with Crippen LogP contribution in [0.5, 0.6) is 5.75 Å². The maximum absolute atomic E-state index is 5.78. The van der Waals surface area contributed by atoms with Gasteiger partial charge in [-0.3, -0.25) is 5.84 Å². The maximum Gasteiger partial charge on any atom is 0.118 e. The maximum atomic E-state index is 5.78. The van der Waals surface area contributed by atoms with Crippen LogP contribution in [-0.4, -0.2) is 31.0 Å². The van der Waals surface area contributed by atoms with Crippen molar-refractivity contribution in [2.24, 2.45) is 11.6 Å². The van der Waals surface area contributed by atoms with Crippen molar-refractivity contribution >= 4 is 0 Å². The summed E-state index contributed by atoms with van der Waals surface area (Å²) >= 11 is 0. The van der Waals surface area contributed by atoms with E-state index in [4.69, 9.17) is 16.3 Å². The molecule has 5 heteroatoms. The molecule has 0 aliphatic rings. The lowest BCUT2D eigenvalue weighted by atomic mass is 10.2. The van der Waals surface area contributed by atoms with Crippen molar-refractivity contribution in [2.45, 2.75) is 6.54 Å². The van der Waals surface area contributed by atoms with Gasteiger partial charge < -0.3 is 10.5 Å². The summed E-state index contributed by atoms with van der Waals surface area (Å²) in [7, 11) is 3.48. The summed E-state index contributed by atoms with van der Waals surface area (Å²) < 4.78 is 5.07. The fourth-order valence-electron chi connectivity index (χ4n) is 1.14. The van der Waals surface area contributed by atoms with Gasteiger partial charge in [-0.25, -0.2) is 5.01 Å². The van der Waals surface area contributed by atoms with E-state index in [0.29, 0.717) is 13.2 Å². The second kappa shape index (κ2) is 5.67. The second-order valence-electron chi connectivity index (χ2n) is 3.29. The summed E-state index contributed by atoms with van der Waals surface area (Å²) in [6, 6.07) is 7.77. The molecule has 1 aromatic carbocycles. The van der Waals surface area contributed by atoms with Crippen molar-refractivity contribution in [1.82, 2.24) is 10.1 Å². The van der Waals surface area contributed by atoms with E-state index in [-0.39, 0.29) is 0 Å². The van der Waals surface area contributed by atoms with Crippen LogP contribution in [0.4, 0.5) is 0 Å². The van der Waals surface area contributed by atoms with Gasteiger partial charge in [-0.15, -0.1) is 0 Å². The van der Waals surface area contributed by atoms with Crippen LogP contribution in [0.3, 0.4) is 0 Å². The number of ether oxygens (including phenoxy) is 1. The molecule has 0 atom stereocenters. The highest BCUT2D eigenvalue weighted by Crippen LogP contribution is 2.12. The summed E-state index contributed by atoms with van der Waals surface area (Å²) in [5.74, 6) is 6.62. The number of hydrazine groups is 2. The van der Waals surface area contributed by atoms with E-state index in [0.717, 1.165) is 11.3 Å². The van der Waals surface area contributed by atoms with Gasteiger partial charge in [-0.2, -0.15) is 5.12 Å². The standard InChI is InChI=1S/C10H18N4O/c1-13(8-11)14(12)7-9-3-5-10(15-2)6-4-9/h3-6H,7-8,11-12H2,1-2H3. The highest BCUT2D eigenvalue weighted by Gasteiger charge is 2.05. The first-order chi connectivity index (χ1) is 7.17. The Hall–Kier alpha value is -1.14. The Balaban J connectivity index is 2.57. The Morgan fingerprint density at radius 3 is 2.33 bits per heavy atom. The van der Waals surface area contributed by atoms with Gasteiger partial charge >= 0.3 is 0 Å². The first-order valence-electron chi connectivity index (χ1n) is 4.73. The minimum atomic E-state index is 0.395. The zero-order valence-corrected chi connectivity index (χ0v) is 9.18. The molecular formula is C10H18N4O. The van der Waals surface area contributed by atoms with E-state index in [9.17, 15) is 0 Å². The molecule has 4 N–H and O–H groups in total. The molecule has 1 rings (SSSR count). The summed E-state index contributed by atoms with van der Waals surface area (Å²) in [6.07, 6.45) is 0. The van der Waals surface area contributed by atoms with Crippen LogP contribution in [0.25, 0.3) is 0 Å². The summed E-state index contributed by atoms with van der Waals surface area (Å²) in [6.45, 7) is 1.02. The molecule has 5 nitrogen and oxygen atoms in total. The molecule has 0 bridgehead atoms. The molecule has 0 saturated carbocycles. The molecule has 0 radical (unpaired) electrons. The molecule has 0 aromatic heterocycles. The molecule has 15 heavy (non-hydrogen) atoms. The van der Waals surface area contributed by atoms with Crippen molar-refractivity contribution in [3.8, 4) is 5.75 Å². The molecular weight excluding hydrogens is 192 g/mol. The molecule has 0 unspecified atom stereocenters. The molecule has 0 amide bonds. The highest BCUT2D eigenvalue weighted by molar-refractivity contribution is 5.26. The van der Waals surface area contributed by atoms with Gasteiger partial charge in [-0.1, -0.05) is 12.1 Å². The predicted octanol–water partition coefficient (Wildman–Crippen LogP) is 0.134. The Morgan fingerprint density at radius 2 is 1.87 bits per heavy atom. The number of hydrogen-bond donors (Lipinski definition) is 2.